The van der Waals surface area contributed by atoms with E-state index in [2.05, 4.69) is 27.0 Å². The number of nitrogens with zero attached hydrogens (tertiary/aromatic N) is 4. The van der Waals surface area contributed by atoms with E-state index < -0.39 is 0 Å². The summed E-state index contributed by atoms with van der Waals surface area (Å²) in [6.45, 7) is 9.04. The van der Waals surface area contributed by atoms with E-state index in [0.29, 0.717) is 29.2 Å². The third-order valence-corrected chi connectivity index (χ3v) is 6.16. The predicted molar refractivity (Wildman–Crippen MR) is 123 cm³/mol. The predicted octanol–water partition coefficient (Wildman–Crippen LogP) is 3.51. The van der Waals surface area contributed by atoms with E-state index in [1.165, 1.54) is 0 Å². The van der Waals surface area contributed by atoms with E-state index in [-0.39, 0.29) is 11.8 Å². The molecule has 4 rings (SSSR count). The van der Waals surface area contributed by atoms with Crippen LogP contribution in [0, 0.1) is 0 Å². The maximum absolute atomic E-state index is 13.2. The molecule has 0 atom stereocenters. The van der Waals surface area contributed by atoms with Crippen molar-refractivity contribution in [1.82, 2.24) is 14.8 Å². The summed E-state index contributed by atoms with van der Waals surface area (Å²) in [5.41, 5.74) is 1.64. The van der Waals surface area contributed by atoms with Gasteiger partial charge in [0, 0.05) is 38.8 Å². The summed E-state index contributed by atoms with van der Waals surface area (Å²) in [5, 5.41) is 2.88. The molecule has 1 N–H and O–H groups in total. The third-order valence-electron chi connectivity index (χ3n) is 6.16. The Morgan fingerprint density at radius 1 is 1.00 bits per heavy atom. The molecule has 3 heterocycles. The molecule has 7 nitrogen and oxygen atoms in total. The van der Waals surface area contributed by atoms with Crippen molar-refractivity contribution in [2.45, 2.75) is 32.6 Å². The van der Waals surface area contributed by atoms with Crippen LogP contribution in [-0.2, 0) is 4.79 Å². The van der Waals surface area contributed by atoms with Crippen LogP contribution in [0.1, 0.15) is 43.0 Å². The first-order valence-electron chi connectivity index (χ1n) is 11.3. The van der Waals surface area contributed by atoms with Crippen molar-refractivity contribution < 1.29 is 9.59 Å². The van der Waals surface area contributed by atoms with Gasteiger partial charge in [0.05, 0.1) is 16.9 Å². The number of hydrogen-bond donors (Lipinski definition) is 1. The van der Waals surface area contributed by atoms with Gasteiger partial charge in [-0.2, -0.15) is 0 Å². The number of aromatic nitrogens is 1. The van der Waals surface area contributed by atoms with Crippen LogP contribution >= 0.6 is 0 Å². The summed E-state index contributed by atoms with van der Waals surface area (Å²) in [5.74, 6) is 0.239. The number of rotatable bonds is 7. The summed E-state index contributed by atoms with van der Waals surface area (Å²) in [7, 11) is 0. The topological polar surface area (TPSA) is 68.8 Å². The van der Waals surface area contributed by atoms with Crippen LogP contribution in [0.2, 0.25) is 0 Å². The fourth-order valence-corrected chi connectivity index (χ4v) is 4.32. The molecule has 164 valence electrons. The first kappa shape index (κ1) is 21.5. The molecule has 0 saturated carbocycles. The monoisotopic (exact) mass is 421 g/mol. The van der Waals surface area contributed by atoms with Crippen molar-refractivity contribution in [2.24, 2.45) is 0 Å². The van der Waals surface area contributed by atoms with Gasteiger partial charge >= 0.3 is 0 Å². The number of carbonyl (C=O) groups is 2. The van der Waals surface area contributed by atoms with Crippen LogP contribution in [0.25, 0.3) is 0 Å². The van der Waals surface area contributed by atoms with Crippen molar-refractivity contribution >= 4 is 29.0 Å². The van der Waals surface area contributed by atoms with Gasteiger partial charge in [-0.3, -0.25) is 14.5 Å². The van der Waals surface area contributed by atoms with Crippen molar-refractivity contribution in [3.8, 4) is 0 Å². The third kappa shape index (κ3) is 4.94. The SMILES string of the molecule is CCN1CCN(CCCCCC(=O)N2c3ccccc3C(=O)Nc3cccnc32)CC1. The minimum atomic E-state index is -0.219. The number of para-hydroxylation sites is 1. The Kier molecular flexibility index (Phi) is 6.94. The van der Waals surface area contributed by atoms with E-state index in [4.69, 9.17) is 0 Å². The molecular weight excluding hydrogens is 390 g/mol. The van der Waals surface area contributed by atoms with Gasteiger partial charge in [0.25, 0.3) is 5.91 Å². The van der Waals surface area contributed by atoms with Crippen molar-refractivity contribution in [3.05, 3.63) is 48.2 Å². The highest BCUT2D eigenvalue weighted by atomic mass is 16.2. The number of carbonyl (C=O) groups excluding carboxylic acids is 2. The zero-order chi connectivity index (χ0) is 21.6. The normalized spacial score (nSPS) is 16.9. The van der Waals surface area contributed by atoms with Gasteiger partial charge in [-0.25, -0.2) is 4.98 Å². The van der Waals surface area contributed by atoms with Crippen LogP contribution in [0.5, 0.6) is 0 Å². The fourth-order valence-electron chi connectivity index (χ4n) is 4.32. The number of pyridine rings is 1. The van der Waals surface area contributed by atoms with Crippen LogP contribution < -0.4 is 10.2 Å². The van der Waals surface area contributed by atoms with E-state index in [9.17, 15) is 9.59 Å². The maximum atomic E-state index is 13.2. The largest absolute Gasteiger partial charge is 0.319 e. The number of unbranched alkanes of at least 4 members (excludes halogenated alkanes) is 2. The highest BCUT2D eigenvalue weighted by molar-refractivity contribution is 6.17. The van der Waals surface area contributed by atoms with Crippen molar-refractivity contribution in [1.29, 1.82) is 0 Å². The minimum absolute atomic E-state index is 0.0274. The first-order chi connectivity index (χ1) is 15.2. The summed E-state index contributed by atoms with van der Waals surface area (Å²) >= 11 is 0. The lowest BCUT2D eigenvalue weighted by atomic mass is 10.1. The van der Waals surface area contributed by atoms with Gasteiger partial charge in [-0.15, -0.1) is 0 Å². The number of amides is 2. The maximum Gasteiger partial charge on any atom is 0.257 e. The summed E-state index contributed by atoms with van der Waals surface area (Å²) in [6.07, 6.45) is 5.03. The smallest absolute Gasteiger partial charge is 0.257 e. The molecular formula is C24H31N5O2. The van der Waals surface area contributed by atoms with E-state index in [1.807, 2.05) is 18.2 Å². The van der Waals surface area contributed by atoms with E-state index in [1.54, 1.807) is 29.3 Å². The van der Waals surface area contributed by atoms with E-state index in [0.717, 1.165) is 58.5 Å². The summed E-state index contributed by atoms with van der Waals surface area (Å²) in [4.78, 5) is 36.9. The molecule has 0 aliphatic carbocycles. The van der Waals surface area contributed by atoms with Gasteiger partial charge in [0.15, 0.2) is 5.82 Å². The Morgan fingerprint density at radius 3 is 2.58 bits per heavy atom. The molecule has 0 radical (unpaired) electrons. The van der Waals surface area contributed by atoms with Gasteiger partial charge in [0.1, 0.15) is 0 Å². The molecule has 1 saturated heterocycles. The molecule has 1 aromatic heterocycles. The lowest BCUT2D eigenvalue weighted by molar-refractivity contribution is -0.118. The Labute approximate surface area is 184 Å². The molecule has 2 amide bonds. The first-order valence-corrected chi connectivity index (χ1v) is 11.3. The molecule has 2 aliphatic rings. The molecule has 2 aliphatic heterocycles. The van der Waals surface area contributed by atoms with Gasteiger partial charge in [0.2, 0.25) is 5.91 Å². The van der Waals surface area contributed by atoms with Gasteiger partial charge < -0.3 is 15.1 Å². The highest BCUT2D eigenvalue weighted by Crippen LogP contribution is 2.36. The number of likely N-dealkylation sites (N-methyl/N-ethyl adjacent to an activating group) is 1. The molecule has 1 fully saturated rings. The Hall–Kier alpha value is -2.77. The quantitative estimate of drug-likeness (QED) is 0.693. The number of anilines is 3. The molecule has 0 unspecified atom stereocenters. The summed E-state index contributed by atoms with van der Waals surface area (Å²) in [6, 6.07) is 10.8. The number of fused-ring (bicyclic) bond motifs is 2. The average molecular weight is 422 g/mol. The number of piperazine rings is 1. The standard InChI is InChI=1S/C24H31N5O2/c1-2-27-15-17-28(18-16-27)14-7-3-4-12-22(30)29-21-11-6-5-9-19(21)24(31)26-20-10-8-13-25-23(20)29/h5-6,8-11,13H,2-4,7,12,14-18H2,1H3,(H,26,31). The Bertz CT molecular complexity index is 924. The molecule has 0 bridgehead atoms. The second-order valence-electron chi connectivity index (χ2n) is 8.16. The van der Waals surface area contributed by atoms with Crippen LogP contribution in [-0.4, -0.2) is 65.9 Å². The fraction of sp³-hybridized carbons (Fsp3) is 0.458. The number of nitrogens with one attached hydrogen (secondary N) is 1. The molecule has 2 aromatic rings. The highest BCUT2D eigenvalue weighted by Gasteiger charge is 2.29. The zero-order valence-electron chi connectivity index (χ0n) is 18.2. The van der Waals surface area contributed by atoms with Crippen LogP contribution in [0.4, 0.5) is 17.2 Å². The van der Waals surface area contributed by atoms with Crippen molar-refractivity contribution in [2.75, 3.05) is 49.5 Å². The van der Waals surface area contributed by atoms with E-state index >= 15 is 0 Å². The Morgan fingerprint density at radius 2 is 1.77 bits per heavy atom. The number of hydrogen-bond acceptors (Lipinski definition) is 5. The van der Waals surface area contributed by atoms with Gasteiger partial charge in [-0.05, 0) is 50.2 Å². The van der Waals surface area contributed by atoms with Crippen LogP contribution in [0.15, 0.2) is 42.6 Å². The second kappa shape index (κ2) is 10.0. The molecule has 0 spiro atoms. The number of benzene rings is 1. The lowest BCUT2D eigenvalue weighted by Gasteiger charge is -2.34. The molecule has 7 heteroatoms. The van der Waals surface area contributed by atoms with Crippen LogP contribution in [0.3, 0.4) is 0 Å². The zero-order valence-corrected chi connectivity index (χ0v) is 18.2. The summed E-state index contributed by atoms with van der Waals surface area (Å²) < 4.78 is 0. The Balaban J connectivity index is 1.36. The van der Waals surface area contributed by atoms with Gasteiger partial charge in [-0.1, -0.05) is 25.5 Å². The van der Waals surface area contributed by atoms with Crippen molar-refractivity contribution in [3.63, 3.8) is 0 Å². The lowest BCUT2D eigenvalue weighted by Crippen LogP contribution is -2.46. The average Bonchev–Trinajstić information content (AvgIpc) is 2.93. The molecule has 1 aromatic carbocycles. The molecule has 31 heavy (non-hydrogen) atoms. The minimum Gasteiger partial charge on any atom is -0.319 e. The second-order valence-corrected chi connectivity index (χ2v) is 8.16.